The topological polar surface area (TPSA) is 79.2 Å². The first-order chi connectivity index (χ1) is 15.0. The van der Waals surface area contributed by atoms with Crippen LogP contribution in [0, 0.1) is 46.3 Å². The van der Waals surface area contributed by atoms with E-state index in [1.807, 2.05) is 0 Å². The van der Waals surface area contributed by atoms with Gasteiger partial charge >= 0.3 is 0 Å². The number of hydrogen-bond donors (Lipinski definition) is 3. The van der Waals surface area contributed by atoms with Crippen molar-refractivity contribution < 1.29 is 24.8 Å². The highest BCUT2D eigenvalue weighted by molar-refractivity contribution is 5.19. The lowest BCUT2D eigenvalue weighted by molar-refractivity contribution is -0.279. The summed E-state index contributed by atoms with van der Waals surface area (Å²) in [4.78, 5) is 0. The van der Waals surface area contributed by atoms with Crippen LogP contribution in [0.25, 0.3) is 0 Å². The van der Waals surface area contributed by atoms with Crippen LogP contribution in [0.4, 0.5) is 0 Å². The Balaban J connectivity index is 1.30. The van der Waals surface area contributed by atoms with Crippen molar-refractivity contribution in [1.82, 2.24) is 0 Å². The van der Waals surface area contributed by atoms with Crippen LogP contribution in [-0.4, -0.2) is 51.6 Å². The van der Waals surface area contributed by atoms with Crippen LogP contribution in [0.15, 0.2) is 0 Å². The zero-order chi connectivity index (χ0) is 22.7. The molecule has 13 atom stereocenters. The minimum atomic E-state index is -1.16. The van der Waals surface area contributed by atoms with E-state index in [2.05, 4.69) is 27.7 Å². The number of rotatable bonds is 0. The van der Waals surface area contributed by atoms with Gasteiger partial charge in [-0.25, -0.2) is 0 Å². The van der Waals surface area contributed by atoms with Gasteiger partial charge in [-0.2, -0.15) is 0 Å². The molecule has 4 saturated carbocycles. The Kier molecular flexibility index (Phi) is 4.83. The second kappa shape index (κ2) is 6.94. The van der Waals surface area contributed by atoms with Crippen LogP contribution >= 0.6 is 0 Å². The Morgan fingerprint density at radius 1 is 0.906 bits per heavy atom. The summed E-state index contributed by atoms with van der Waals surface area (Å²) in [6.45, 7) is 10.2. The van der Waals surface area contributed by atoms with Gasteiger partial charge in [-0.3, -0.25) is 0 Å². The van der Waals surface area contributed by atoms with Crippen LogP contribution in [0.1, 0.15) is 85.5 Å². The summed E-state index contributed by atoms with van der Waals surface area (Å²) in [5, 5.41) is 33.2. The van der Waals surface area contributed by atoms with Crippen molar-refractivity contribution in [2.45, 2.75) is 115 Å². The monoisotopic (exact) mass is 448 g/mol. The molecule has 6 rings (SSSR count). The molecule has 2 saturated heterocycles. The van der Waals surface area contributed by atoms with Gasteiger partial charge in [0, 0.05) is 24.2 Å². The van der Waals surface area contributed by atoms with E-state index in [9.17, 15) is 15.3 Å². The molecule has 1 spiro atoms. The Bertz CT molecular complexity index is 763. The van der Waals surface area contributed by atoms with Crippen molar-refractivity contribution in [3.8, 4) is 0 Å². The predicted molar refractivity (Wildman–Crippen MR) is 121 cm³/mol. The molecule has 6 aliphatic rings. The van der Waals surface area contributed by atoms with E-state index in [-0.39, 0.29) is 22.7 Å². The molecule has 0 bridgehead atoms. The number of ether oxygens (including phenoxy) is 2. The largest absolute Gasteiger partial charge is 0.393 e. The molecule has 3 N–H and O–H groups in total. The van der Waals surface area contributed by atoms with Gasteiger partial charge in [0.15, 0.2) is 5.79 Å². The van der Waals surface area contributed by atoms with E-state index in [0.29, 0.717) is 48.3 Å². The summed E-state index contributed by atoms with van der Waals surface area (Å²) < 4.78 is 13.3. The molecule has 0 radical (unpaired) electrons. The van der Waals surface area contributed by atoms with Crippen molar-refractivity contribution in [3.05, 3.63) is 0 Å². The van der Waals surface area contributed by atoms with E-state index in [1.54, 1.807) is 0 Å². The minimum Gasteiger partial charge on any atom is -0.393 e. The summed E-state index contributed by atoms with van der Waals surface area (Å²) in [5.74, 6) is 2.52. The second-order valence-corrected chi connectivity index (χ2v) is 13.4. The van der Waals surface area contributed by atoms with Gasteiger partial charge in [0.05, 0.1) is 30.5 Å². The molecule has 5 unspecified atom stereocenters. The molecule has 0 aromatic carbocycles. The van der Waals surface area contributed by atoms with Crippen molar-refractivity contribution in [3.63, 3.8) is 0 Å². The predicted octanol–water partition coefficient (Wildman–Crippen LogP) is 3.88. The SMILES string of the molecule is CC1CC[C@@]2(OC1)O[C@H]1CC3C4C[C@@H](O)[C@@]5(O)C[C@@H](O)CC[C@]5(C)C4CC[C@]3(C)C1[C@@H]2C. The first kappa shape index (κ1) is 22.3. The molecule has 2 aliphatic heterocycles. The Morgan fingerprint density at radius 2 is 1.69 bits per heavy atom. The van der Waals surface area contributed by atoms with E-state index in [1.165, 1.54) is 12.8 Å². The van der Waals surface area contributed by atoms with Gasteiger partial charge < -0.3 is 24.8 Å². The maximum absolute atomic E-state index is 11.7. The third kappa shape index (κ3) is 2.64. The second-order valence-electron chi connectivity index (χ2n) is 13.4. The van der Waals surface area contributed by atoms with Crippen molar-refractivity contribution in [2.75, 3.05) is 6.61 Å². The molecule has 4 aliphatic carbocycles. The molecular formula is C27H44O5. The van der Waals surface area contributed by atoms with E-state index < -0.39 is 17.8 Å². The molecule has 0 amide bonds. The summed E-state index contributed by atoms with van der Waals surface area (Å²) in [5.41, 5.74) is -1.26. The Morgan fingerprint density at radius 3 is 2.41 bits per heavy atom. The Labute approximate surface area is 193 Å². The van der Waals surface area contributed by atoms with Crippen LogP contribution < -0.4 is 0 Å². The zero-order valence-electron chi connectivity index (χ0n) is 20.4. The third-order valence-corrected chi connectivity index (χ3v) is 12.1. The number of aliphatic hydroxyl groups is 3. The molecule has 5 nitrogen and oxygen atoms in total. The summed E-state index contributed by atoms with van der Waals surface area (Å²) in [7, 11) is 0. The first-order valence-corrected chi connectivity index (χ1v) is 13.4. The average molecular weight is 449 g/mol. The van der Waals surface area contributed by atoms with Crippen LogP contribution in [0.2, 0.25) is 0 Å². The third-order valence-electron chi connectivity index (χ3n) is 12.1. The van der Waals surface area contributed by atoms with Gasteiger partial charge in [-0.05, 0) is 80.0 Å². The number of hydrogen-bond acceptors (Lipinski definition) is 5. The maximum atomic E-state index is 11.7. The van der Waals surface area contributed by atoms with Gasteiger partial charge in [0.2, 0.25) is 0 Å². The molecule has 5 heteroatoms. The van der Waals surface area contributed by atoms with E-state index >= 15 is 0 Å². The molecule has 32 heavy (non-hydrogen) atoms. The molecule has 0 aromatic rings. The molecule has 182 valence electrons. The summed E-state index contributed by atoms with van der Waals surface area (Å²) >= 11 is 0. The van der Waals surface area contributed by atoms with Crippen molar-refractivity contribution >= 4 is 0 Å². The van der Waals surface area contributed by atoms with E-state index in [0.717, 1.165) is 38.7 Å². The fraction of sp³-hybridized carbons (Fsp3) is 1.00. The molecule has 2 heterocycles. The van der Waals surface area contributed by atoms with Gasteiger partial charge in [0.1, 0.15) is 0 Å². The maximum Gasteiger partial charge on any atom is 0.171 e. The summed E-state index contributed by atoms with van der Waals surface area (Å²) in [6.07, 6.45) is 7.08. The fourth-order valence-corrected chi connectivity index (χ4v) is 10.3. The van der Waals surface area contributed by atoms with Crippen molar-refractivity contribution in [1.29, 1.82) is 0 Å². The van der Waals surface area contributed by atoms with Crippen LogP contribution in [-0.2, 0) is 9.47 Å². The van der Waals surface area contributed by atoms with Crippen molar-refractivity contribution in [2.24, 2.45) is 46.3 Å². The molecule has 6 fully saturated rings. The zero-order valence-corrected chi connectivity index (χ0v) is 20.4. The highest BCUT2D eigenvalue weighted by Gasteiger charge is 2.71. The van der Waals surface area contributed by atoms with Crippen LogP contribution in [0.3, 0.4) is 0 Å². The van der Waals surface area contributed by atoms with Gasteiger partial charge in [-0.15, -0.1) is 0 Å². The molecule has 0 aromatic heterocycles. The number of fused-ring (bicyclic) bond motifs is 7. The average Bonchev–Trinajstić information content (AvgIpc) is 3.18. The lowest BCUT2D eigenvalue weighted by Crippen LogP contribution is -2.68. The minimum absolute atomic E-state index is 0.209. The standard InChI is InChI=1S/C27H44O5/c1-15-5-10-27(31-14-15)16(2)23-21(32-27)12-20-18-11-22(29)26(30)13-17(28)6-9-25(26,4)19(18)7-8-24(20,23)3/h15-23,28-30H,5-14H2,1-4H3/t15?,16-,17-,18?,19?,20?,21-,22+,23?,24-,25+,26-,27+/m0/s1. The van der Waals surface area contributed by atoms with Gasteiger partial charge in [-0.1, -0.05) is 27.7 Å². The summed E-state index contributed by atoms with van der Waals surface area (Å²) in [6, 6.07) is 0. The lowest BCUT2D eigenvalue weighted by atomic mass is 9.42. The smallest absolute Gasteiger partial charge is 0.171 e. The quantitative estimate of drug-likeness (QED) is 0.524. The fourth-order valence-electron chi connectivity index (χ4n) is 10.3. The normalized spacial score (nSPS) is 64.0. The van der Waals surface area contributed by atoms with Crippen LogP contribution in [0.5, 0.6) is 0 Å². The van der Waals surface area contributed by atoms with E-state index in [4.69, 9.17) is 9.47 Å². The van der Waals surface area contributed by atoms with Gasteiger partial charge in [0.25, 0.3) is 0 Å². The lowest BCUT2D eigenvalue weighted by Gasteiger charge is -2.65. The highest BCUT2D eigenvalue weighted by atomic mass is 16.7. The molecular weight excluding hydrogens is 404 g/mol. The first-order valence-electron chi connectivity index (χ1n) is 13.4. The Hall–Kier alpha value is -0.200. The number of aliphatic hydroxyl groups excluding tert-OH is 2. The highest BCUT2D eigenvalue weighted by Crippen LogP contribution is 2.71.